The third kappa shape index (κ3) is 5.81. The number of nitrogens with zero attached hydrogens (tertiary/aromatic N) is 6. The number of piperazine rings is 1. The molecule has 2 aliphatic heterocycles. The molecule has 2 unspecified atom stereocenters. The van der Waals surface area contributed by atoms with Crippen molar-refractivity contribution in [1.82, 2.24) is 25.1 Å². The monoisotopic (exact) mass is 417 g/mol. The molecule has 1 aromatic heterocycles. The Bertz CT molecular complexity index is 692. The Hall–Kier alpha value is -2.42. The van der Waals surface area contributed by atoms with E-state index in [-0.39, 0.29) is 17.8 Å². The van der Waals surface area contributed by atoms with Crippen LogP contribution in [0.4, 0.5) is 5.95 Å². The maximum atomic E-state index is 12.0. The summed E-state index contributed by atoms with van der Waals surface area (Å²) in [5.74, 6) is 1.79. The number of nitrogens with one attached hydrogen (secondary N) is 1. The molecule has 30 heavy (non-hydrogen) atoms. The second-order valence-electron chi connectivity index (χ2n) is 7.98. The van der Waals surface area contributed by atoms with Crippen LogP contribution in [0.1, 0.15) is 20.3 Å². The number of methoxy groups -OCH3 is 1. The summed E-state index contributed by atoms with van der Waals surface area (Å²) in [6.07, 6.45) is 4.60. The fourth-order valence-corrected chi connectivity index (χ4v) is 4.13. The maximum Gasteiger partial charge on any atom is 0.310 e. The van der Waals surface area contributed by atoms with Crippen molar-refractivity contribution in [2.24, 2.45) is 16.8 Å². The number of rotatable bonds is 7. The number of hydrogen-bond donors (Lipinski definition) is 1. The molecule has 2 atom stereocenters. The normalized spacial score (nSPS) is 23.0. The number of carbonyl (C=O) groups is 1. The van der Waals surface area contributed by atoms with Crippen molar-refractivity contribution in [2.75, 3.05) is 70.9 Å². The molecule has 0 saturated carbocycles. The first-order valence-electron chi connectivity index (χ1n) is 11.0. The first kappa shape index (κ1) is 22.3. The maximum absolute atomic E-state index is 12.0. The lowest BCUT2D eigenvalue weighted by atomic mass is 9.99. The lowest BCUT2D eigenvalue weighted by molar-refractivity contribution is -0.145. The van der Waals surface area contributed by atoms with Gasteiger partial charge in [0.25, 0.3) is 0 Å². The molecule has 9 nitrogen and oxygen atoms in total. The van der Waals surface area contributed by atoms with E-state index in [0.29, 0.717) is 6.54 Å². The minimum absolute atomic E-state index is 0.0799. The van der Waals surface area contributed by atoms with Crippen molar-refractivity contribution in [1.29, 1.82) is 0 Å². The van der Waals surface area contributed by atoms with E-state index in [1.165, 1.54) is 7.11 Å². The van der Waals surface area contributed by atoms with E-state index in [0.717, 1.165) is 70.7 Å². The molecule has 0 spiro atoms. The minimum atomic E-state index is -0.124. The predicted molar refractivity (Wildman–Crippen MR) is 118 cm³/mol. The largest absolute Gasteiger partial charge is 0.469 e. The van der Waals surface area contributed by atoms with Crippen LogP contribution in [0.15, 0.2) is 23.5 Å². The summed E-state index contributed by atoms with van der Waals surface area (Å²) < 4.78 is 4.95. The van der Waals surface area contributed by atoms with E-state index in [4.69, 9.17) is 9.73 Å². The van der Waals surface area contributed by atoms with Gasteiger partial charge in [-0.2, -0.15) is 0 Å². The number of hydrogen-bond acceptors (Lipinski definition) is 7. The summed E-state index contributed by atoms with van der Waals surface area (Å²) >= 11 is 0. The molecule has 166 valence electrons. The molecule has 0 radical (unpaired) electrons. The van der Waals surface area contributed by atoms with Crippen LogP contribution in [0.2, 0.25) is 0 Å². The SMILES string of the molecule is CCNC(=NCCCN1CCN(c2ncccn2)CC1)N1CC(C)C(C(=O)OC)C1. The summed E-state index contributed by atoms with van der Waals surface area (Å²) in [7, 11) is 1.46. The van der Waals surface area contributed by atoms with Crippen molar-refractivity contribution in [2.45, 2.75) is 20.3 Å². The fraction of sp³-hybridized carbons (Fsp3) is 0.714. The first-order valence-corrected chi connectivity index (χ1v) is 11.0. The number of aromatic nitrogens is 2. The number of aliphatic imine (C=N–C) groups is 1. The topological polar surface area (TPSA) is 86.2 Å². The smallest absolute Gasteiger partial charge is 0.310 e. The third-order valence-electron chi connectivity index (χ3n) is 5.85. The molecule has 0 aromatic carbocycles. The molecule has 0 aliphatic carbocycles. The number of carbonyl (C=O) groups excluding carboxylic acids is 1. The second kappa shape index (κ2) is 11.1. The Morgan fingerprint density at radius 3 is 2.63 bits per heavy atom. The molecule has 9 heteroatoms. The van der Waals surface area contributed by atoms with Gasteiger partial charge in [0.2, 0.25) is 5.95 Å². The van der Waals surface area contributed by atoms with Crippen molar-refractivity contribution in [3.63, 3.8) is 0 Å². The molecule has 3 rings (SSSR count). The van der Waals surface area contributed by atoms with E-state index in [9.17, 15) is 4.79 Å². The third-order valence-corrected chi connectivity index (χ3v) is 5.85. The van der Waals surface area contributed by atoms with E-state index in [2.05, 4.69) is 43.8 Å². The van der Waals surface area contributed by atoms with Crippen LogP contribution >= 0.6 is 0 Å². The molecular formula is C21H35N7O2. The highest BCUT2D eigenvalue weighted by molar-refractivity contribution is 5.82. The summed E-state index contributed by atoms with van der Waals surface area (Å²) in [5, 5.41) is 3.37. The van der Waals surface area contributed by atoms with Gasteiger partial charge in [0.1, 0.15) is 0 Å². The first-order chi connectivity index (χ1) is 14.6. The minimum Gasteiger partial charge on any atom is -0.469 e. The average Bonchev–Trinajstić information content (AvgIpc) is 3.18. The lowest BCUT2D eigenvalue weighted by Gasteiger charge is -2.34. The molecule has 0 amide bonds. The standard InChI is InChI=1S/C21H35N7O2/c1-4-22-20(28-15-17(2)18(16-28)19(29)30-3)25-9-6-10-26-11-13-27(14-12-26)21-23-7-5-8-24-21/h5,7-8,17-18H,4,6,9-16H2,1-3H3,(H,22,25). The van der Waals surface area contributed by atoms with E-state index in [1.54, 1.807) is 12.4 Å². The van der Waals surface area contributed by atoms with Crippen LogP contribution in [-0.2, 0) is 9.53 Å². The number of guanidine groups is 1. The number of likely N-dealkylation sites (tertiary alicyclic amines) is 1. The Labute approximate surface area is 179 Å². The Kier molecular flexibility index (Phi) is 8.24. The van der Waals surface area contributed by atoms with Crippen LogP contribution < -0.4 is 10.2 Å². The molecule has 1 aromatic rings. The zero-order valence-electron chi connectivity index (χ0n) is 18.5. The highest BCUT2D eigenvalue weighted by Crippen LogP contribution is 2.24. The van der Waals surface area contributed by atoms with Crippen LogP contribution in [0.3, 0.4) is 0 Å². The van der Waals surface area contributed by atoms with Gasteiger partial charge in [-0.15, -0.1) is 0 Å². The highest BCUT2D eigenvalue weighted by atomic mass is 16.5. The number of ether oxygens (including phenoxy) is 1. The predicted octanol–water partition coefficient (Wildman–Crippen LogP) is 0.695. The van der Waals surface area contributed by atoms with Crippen molar-refractivity contribution < 1.29 is 9.53 Å². The van der Waals surface area contributed by atoms with E-state index in [1.807, 2.05) is 6.07 Å². The quantitative estimate of drug-likeness (QED) is 0.300. The summed E-state index contributed by atoms with van der Waals surface area (Å²) in [4.78, 5) is 32.4. The summed E-state index contributed by atoms with van der Waals surface area (Å²) in [6, 6.07) is 1.85. The molecule has 2 saturated heterocycles. The molecular weight excluding hydrogens is 382 g/mol. The molecule has 0 bridgehead atoms. The average molecular weight is 418 g/mol. The van der Waals surface area contributed by atoms with E-state index >= 15 is 0 Å². The highest BCUT2D eigenvalue weighted by Gasteiger charge is 2.36. The Morgan fingerprint density at radius 2 is 1.97 bits per heavy atom. The second-order valence-corrected chi connectivity index (χ2v) is 7.98. The van der Waals surface area contributed by atoms with Gasteiger partial charge in [-0.25, -0.2) is 9.97 Å². The van der Waals surface area contributed by atoms with Crippen LogP contribution in [0.5, 0.6) is 0 Å². The molecule has 2 fully saturated rings. The van der Waals surface area contributed by atoms with Crippen molar-refractivity contribution >= 4 is 17.9 Å². The van der Waals surface area contributed by atoms with Crippen molar-refractivity contribution in [3.05, 3.63) is 18.5 Å². The zero-order valence-corrected chi connectivity index (χ0v) is 18.5. The Morgan fingerprint density at radius 1 is 1.23 bits per heavy atom. The van der Waals surface area contributed by atoms with Gasteiger partial charge in [0.05, 0.1) is 13.0 Å². The van der Waals surface area contributed by atoms with Gasteiger partial charge in [-0.1, -0.05) is 6.92 Å². The molecule has 3 heterocycles. The van der Waals surface area contributed by atoms with Gasteiger partial charge in [0.15, 0.2) is 5.96 Å². The van der Waals surface area contributed by atoms with Gasteiger partial charge in [-0.3, -0.25) is 14.7 Å². The Balaban J connectivity index is 1.43. The van der Waals surface area contributed by atoms with Gasteiger partial charge >= 0.3 is 5.97 Å². The summed E-state index contributed by atoms with van der Waals surface area (Å²) in [6.45, 7) is 12.3. The zero-order chi connectivity index (χ0) is 21.3. The van der Waals surface area contributed by atoms with Gasteiger partial charge in [-0.05, 0) is 25.3 Å². The van der Waals surface area contributed by atoms with E-state index < -0.39 is 0 Å². The fourth-order valence-electron chi connectivity index (χ4n) is 4.13. The molecule has 1 N–H and O–H groups in total. The molecule has 2 aliphatic rings. The van der Waals surface area contributed by atoms with Gasteiger partial charge < -0.3 is 19.9 Å². The number of anilines is 1. The van der Waals surface area contributed by atoms with Crippen LogP contribution in [0, 0.1) is 11.8 Å². The van der Waals surface area contributed by atoms with Crippen LogP contribution in [0.25, 0.3) is 0 Å². The van der Waals surface area contributed by atoms with Gasteiger partial charge in [0, 0.05) is 71.3 Å². The van der Waals surface area contributed by atoms with Crippen LogP contribution in [-0.4, -0.2) is 97.7 Å². The van der Waals surface area contributed by atoms with Crippen molar-refractivity contribution in [3.8, 4) is 0 Å². The number of esters is 1. The lowest BCUT2D eigenvalue weighted by Crippen LogP contribution is -2.47. The summed E-state index contributed by atoms with van der Waals surface area (Å²) in [5.41, 5.74) is 0.